The lowest BCUT2D eigenvalue weighted by molar-refractivity contribution is 0.0495. The Bertz CT molecular complexity index is 345. The van der Waals surface area contributed by atoms with Crippen molar-refractivity contribution in [2.45, 2.75) is 44.3 Å². The van der Waals surface area contributed by atoms with Crippen molar-refractivity contribution < 1.29 is 0 Å². The predicted molar refractivity (Wildman–Crippen MR) is 73.3 cm³/mol. The van der Waals surface area contributed by atoms with Gasteiger partial charge in [0.2, 0.25) is 0 Å². The Hall–Kier alpha value is -0.380. The van der Waals surface area contributed by atoms with Crippen molar-refractivity contribution in [1.82, 2.24) is 10.2 Å². The van der Waals surface area contributed by atoms with Gasteiger partial charge in [0.1, 0.15) is 0 Å². The molecule has 2 atom stereocenters. The molecule has 3 heteroatoms. The van der Waals surface area contributed by atoms with Gasteiger partial charge in [-0.05, 0) is 67.6 Å². The zero-order valence-corrected chi connectivity index (χ0v) is 11.4. The fourth-order valence-corrected chi connectivity index (χ4v) is 3.66. The van der Waals surface area contributed by atoms with E-state index < -0.39 is 0 Å². The Labute approximate surface area is 108 Å². The molecule has 2 nitrogen and oxygen atoms in total. The molecule has 0 bridgehead atoms. The zero-order valence-electron chi connectivity index (χ0n) is 10.6. The molecule has 0 amide bonds. The molecule has 2 unspecified atom stereocenters. The summed E-state index contributed by atoms with van der Waals surface area (Å²) in [6.45, 7) is 2.37. The smallest absolute Gasteiger partial charge is 0.0247 e. The Morgan fingerprint density at radius 2 is 2.24 bits per heavy atom. The van der Waals surface area contributed by atoms with E-state index in [2.05, 4.69) is 34.1 Å². The highest BCUT2D eigenvalue weighted by atomic mass is 32.1. The van der Waals surface area contributed by atoms with E-state index in [9.17, 15) is 0 Å². The zero-order chi connectivity index (χ0) is 11.7. The van der Waals surface area contributed by atoms with Crippen LogP contribution in [0.3, 0.4) is 0 Å². The van der Waals surface area contributed by atoms with Crippen LogP contribution < -0.4 is 5.32 Å². The van der Waals surface area contributed by atoms with E-state index in [1.165, 1.54) is 44.3 Å². The SMILES string of the molecule is CNCC1CCC1N(Cc1ccsc1)C1CC1. The third-order valence-corrected chi connectivity index (χ3v) is 4.96. The first-order chi connectivity index (χ1) is 8.38. The summed E-state index contributed by atoms with van der Waals surface area (Å²) in [5.41, 5.74) is 1.51. The maximum Gasteiger partial charge on any atom is 0.0247 e. The molecular formula is C14H22N2S. The van der Waals surface area contributed by atoms with E-state index in [-0.39, 0.29) is 0 Å². The number of thiophene rings is 1. The molecule has 1 aromatic heterocycles. The number of rotatable bonds is 6. The van der Waals surface area contributed by atoms with Crippen molar-refractivity contribution in [1.29, 1.82) is 0 Å². The van der Waals surface area contributed by atoms with Crippen molar-refractivity contribution in [3.8, 4) is 0 Å². The second kappa shape index (κ2) is 5.09. The van der Waals surface area contributed by atoms with Crippen LogP contribution in [-0.4, -0.2) is 30.6 Å². The van der Waals surface area contributed by atoms with Crippen LogP contribution in [0.25, 0.3) is 0 Å². The lowest BCUT2D eigenvalue weighted by atomic mass is 9.78. The summed E-state index contributed by atoms with van der Waals surface area (Å²) in [5.74, 6) is 0.888. The normalized spacial score (nSPS) is 28.4. The highest BCUT2D eigenvalue weighted by molar-refractivity contribution is 7.07. The maximum atomic E-state index is 3.35. The molecule has 2 saturated carbocycles. The molecule has 2 aliphatic carbocycles. The third kappa shape index (κ3) is 2.56. The van der Waals surface area contributed by atoms with E-state index in [1.807, 2.05) is 11.3 Å². The van der Waals surface area contributed by atoms with E-state index in [0.717, 1.165) is 18.0 Å². The largest absolute Gasteiger partial charge is 0.319 e. The van der Waals surface area contributed by atoms with Gasteiger partial charge >= 0.3 is 0 Å². The number of nitrogens with one attached hydrogen (secondary N) is 1. The molecule has 2 fully saturated rings. The minimum absolute atomic E-state index is 0.842. The van der Waals surface area contributed by atoms with Gasteiger partial charge in [0.05, 0.1) is 0 Å². The van der Waals surface area contributed by atoms with Gasteiger partial charge in [0.15, 0.2) is 0 Å². The lowest BCUT2D eigenvalue weighted by Crippen LogP contribution is -2.50. The van der Waals surface area contributed by atoms with Crippen LogP contribution in [0.1, 0.15) is 31.2 Å². The van der Waals surface area contributed by atoms with Gasteiger partial charge in [-0.2, -0.15) is 11.3 Å². The first-order valence-electron chi connectivity index (χ1n) is 6.80. The first-order valence-corrected chi connectivity index (χ1v) is 7.74. The summed E-state index contributed by atoms with van der Waals surface area (Å²) in [6, 6.07) is 4.01. The second-order valence-corrected chi connectivity index (χ2v) is 6.28. The lowest BCUT2D eigenvalue weighted by Gasteiger charge is -2.45. The summed E-state index contributed by atoms with van der Waals surface area (Å²) in [6.07, 6.45) is 5.67. The molecule has 0 spiro atoms. The Morgan fingerprint density at radius 3 is 2.76 bits per heavy atom. The molecule has 3 rings (SSSR count). The minimum atomic E-state index is 0.842. The summed E-state index contributed by atoms with van der Waals surface area (Å²) in [7, 11) is 2.08. The Kier molecular flexibility index (Phi) is 3.50. The molecule has 17 heavy (non-hydrogen) atoms. The first kappa shape index (κ1) is 11.7. The molecular weight excluding hydrogens is 228 g/mol. The van der Waals surface area contributed by atoms with Crippen LogP contribution in [0.5, 0.6) is 0 Å². The third-order valence-electron chi connectivity index (χ3n) is 4.23. The minimum Gasteiger partial charge on any atom is -0.319 e. The highest BCUT2D eigenvalue weighted by Crippen LogP contribution is 2.39. The average molecular weight is 250 g/mol. The van der Waals surface area contributed by atoms with Gasteiger partial charge in [-0.25, -0.2) is 0 Å². The van der Waals surface area contributed by atoms with Gasteiger partial charge in [0, 0.05) is 18.6 Å². The van der Waals surface area contributed by atoms with Crippen LogP contribution >= 0.6 is 11.3 Å². The molecule has 94 valence electrons. The van der Waals surface area contributed by atoms with Crippen LogP contribution in [0.2, 0.25) is 0 Å². The Balaban J connectivity index is 1.64. The van der Waals surface area contributed by atoms with Crippen molar-refractivity contribution in [3.05, 3.63) is 22.4 Å². The molecule has 0 aromatic carbocycles. The summed E-state index contributed by atoms with van der Waals surface area (Å²) in [5, 5.41) is 7.86. The Morgan fingerprint density at radius 1 is 1.35 bits per heavy atom. The van der Waals surface area contributed by atoms with E-state index in [4.69, 9.17) is 0 Å². The molecule has 2 aliphatic rings. The quantitative estimate of drug-likeness (QED) is 0.835. The highest BCUT2D eigenvalue weighted by Gasteiger charge is 2.41. The van der Waals surface area contributed by atoms with Crippen LogP contribution in [0, 0.1) is 5.92 Å². The molecule has 0 aliphatic heterocycles. The van der Waals surface area contributed by atoms with Crippen LogP contribution in [0.15, 0.2) is 16.8 Å². The molecule has 1 N–H and O–H groups in total. The molecule has 0 radical (unpaired) electrons. The number of nitrogens with zero attached hydrogens (tertiary/aromatic N) is 1. The van der Waals surface area contributed by atoms with Crippen molar-refractivity contribution in [3.63, 3.8) is 0 Å². The van der Waals surface area contributed by atoms with Crippen LogP contribution in [-0.2, 0) is 6.54 Å². The molecule has 1 heterocycles. The van der Waals surface area contributed by atoms with E-state index >= 15 is 0 Å². The van der Waals surface area contributed by atoms with Gasteiger partial charge in [-0.1, -0.05) is 0 Å². The summed E-state index contributed by atoms with van der Waals surface area (Å²) in [4.78, 5) is 2.79. The topological polar surface area (TPSA) is 15.3 Å². The van der Waals surface area contributed by atoms with E-state index in [1.54, 1.807) is 0 Å². The van der Waals surface area contributed by atoms with Gasteiger partial charge < -0.3 is 5.32 Å². The average Bonchev–Trinajstić information content (AvgIpc) is 3.03. The predicted octanol–water partition coefficient (Wildman–Crippen LogP) is 2.71. The van der Waals surface area contributed by atoms with Crippen molar-refractivity contribution in [2.24, 2.45) is 5.92 Å². The van der Waals surface area contributed by atoms with E-state index in [0.29, 0.717) is 0 Å². The maximum absolute atomic E-state index is 3.35. The fourth-order valence-electron chi connectivity index (χ4n) is 3.01. The fraction of sp³-hybridized carbons (Fsp3) is 0.714. The monoisotopic (exact) mass is 250 g/mol. The summed E-state index contributed by atoms with van der Waals surface area (Å²) >= 11 is 1.82. The van der Waals surface area contributed by atoms with Gasteiger partial charge in [0.25, 0.3) is 0 Å². The standard InChI is InChI=1S/C14H22N2S/c1-15-8-12-2-5-14(12)16(13-3-4-13)9-11-6-7-17-10-11/h6-7,10,12-15H,2-5,8-9H2,1H3. The molecule has 0 saturated heterocycles. The van der Waals surface area contributed by atoms with Crippen LogP contribution in [0.4, 0.5) is 0 Å². The van der Waals surface area contributed by atoms with Gasteiger partial charge in [-0.15, -0.1) is 0 Å². The van der Waals surface area contributed by atoms with Crippen molar-refractivity contribution >= 4 is 11.3 Å². The second-order valence-electron chi connectivity index (χ2n) is 5.50. The van der Waals surface area contributed by atoms with Gasteiger partial charge in [-0.3, -0.25) is 4.90 Å². The number of hydrogen-bond donors (Lipinski definition) is 1. The summed E-state index contributed by atoms with van der Waals surface area (Å²) < 4.78 is 0. The molecule has 1 aromatic rings. The number of hydrogen-bond acceptors (Lipinski definition) is 3. The van der Waals surface area contributed by atoms with Crippen molar-refractivity contribution in [2.75, 3.05) is 13.6 Å².